The van der Waals surface area contributed by atoms with E-state index in [4.69, 9.17) is 5.73 Å². The molecule has 0 unspecified atom stereocenters. The number of nitrogens with two attached hydrogens (primary N) is 1. The minimum absolute atomic E-state index is 0.0737. The Morgan fingerprint density at radius 3 is 2.74 bits per heavy atom. The van der Waals surface area contributed by atoms with Gasteiger partial charge in [-0.3, -0.25) is 4.79 Å². The molecule has 106 valence electrons. The molecule has 1 aromatic heterocycles. The van der Waals surface area contributed by atoms with Crippen molar-refractivity contribution in [3.05, 3.63) is 18.3 Å². The summed E-state index contributed by atoms with van der Waals surface area (Å²) in [5.41, 5.74) is 6.04. The van der Waals surface area contributed by atoms with Crippen LogP contribution in [0.2, 0.25) is 0 Å². The van der Waals surface area contributed by atoms with Crippen LogP contribution in [0, 0.1) is 0 Å². The minimum atomic E-state index is -0.0737. The van der Waals surface area contributed by atoms with Crippen LogP contribution in [0.15, 0.2) is 18.3 Å². The number of anilines is 2. The average molecular weight is 264 g/mol. The van der Waals surface area contributed by atoms with E-state index in [0.29, 0.717) is 18.7 Å². The number of carbonyl (C=O) groups is 1. The van der Waals surface area contributed by atoms with E-state index in [1.807, 2.05) is 12.1 Å². The van der Waals surface area contributed by atoms with E-state index in [2.05, 4.69) is 29.0 Å². The van der Waals surface area contributed by atoms with E-state index < -0.39 is 0 Å². The lowest BCUT2D eigenvalue weighted by molar-refractivity contribution is -0.116. The monoisotopic (exact) mass is 264 g/mol. The lowest BCUT2D eigenvalue weighted by Gasteiger charge is -2.21. The van der Waals surface area contributed by atoms with Gasteiger partial charge in [-0.05, 0) is 25.5 Å². The molecule has 19 heavy (non-hydrogen) atoms. The van der Waals surface area contributed by atoms with Gasteiger partial charge in [-0.25, -0.2) is 4.98 Å². The van der Waals surface area contributed by atoms with Crippen molar-refractivity contribution in [1.29, 1.82) is 0 Å². The quantitative estimate of drug-likeness (QED) is 0.753. The molecule has 5 nitrogen and oxygen atoms in total. The van der Waals surface area contributed by atoms with E-state index >= 15 is 0 Å². The maximum atomic E-state index is 11.4. The lowest BCUT2D eigenvalue weighted by atomic mass is 10.3. The van der Waals surface area contributed by atoms with Crippen LogP contribution in [-0.2, 0) is 4.79 Å². The number of nitrogens with one attached hydrogen (secondary N) is 1. The van der Waals surface area contributed by atoms with Crippen LogP contribution in [0.3, 0.4) is 0 Å². The molecule has 0 aliphatic carbocycles. The zero-order valence-corrected chi connectivity index (χ0v) is 11.9. The first-order chi connectivity index (χ1) is 9.21. The third-order valence-electron chi connectivity index (χ3n) is 2.89. The minimum Gasteiger partial charge on any atom is -0.357 e. The molecule has 5 heteroatoms. The molecule has 0 aliphatic heterocycles. The maximum absolute atomic E-state index is 11.4. The predicted octanol–water partition coefficient (Wildman–Crippen LogP) is 2.00. The summed E-state index contributed by atoms with van der Waals surface area (Å²) < 4.78 is 0. The van der Waals surface area contributed by atoms with Gasteiger partial charge in [0.15, 0.2) is 0 Å². The van der Waals surface area contributed by atoms with Crippen molar-refractivity contribution in [2.24, 2.45) is 5.73 Å². The summed E-state index contributed by atoms with van der Waals surface area (Å²) in [6.07, 6.45) is 4.35. The van der Waals surface area contributed by atoms with E-state index in [0.717, 1.165) is 25.3 Å². The Kier molecular flexibility index (Phi) is 6.89. The Morgan fingerprint density at radius 1 is 1.42 bits per heavy atom. The number of hydrogen-bond acceptors (Lipinski definition) is 4. The van der Waals surface area contributed by atoms with Crippen molar-refractivity contribution in [2.45, 2.75) is 33.1 Å². The van der Waals surface area contributed by atoms with Gasteiger partial charge in [-0.1, -0.05) is 13.3 Å². The average Bonchev–Trinajstić information content (AvgIpc) is 2.41. The second-order valence-corrected chi connectivity index (χ2v) is 4.43. The molecule has 3 N–H and O–H groups in total. The maximum Gasteiger partial charge on any atom is 0.225 e. The van der Waals surface area contributed by atoms with Crippen molar-refractivity contribution < 1.29 is 4.79 Å². The lowest BCUT2D eigenvalue weighted by Crippen LogP contribution is -2.24. The second-order valence-electron chi connectivity index (χ2n) is 4.43. The zero-order valence-electron chi connectivity index (χ0n) is 11.9. The number of pyridine rings is 1. The number of carbonyl (C=O) groups excluding carboxylic acids is 1. The highest BCUT2D eigenvalue weighted by Crippen LogP contribution is 2.14. The number of rotatable bonds is 8. The van der Waals surface area contributed by atoms with Crippen LogP contribution in [0.4, 0.5) is 11.5 Å². The highest BCUT2D eigenvalue weighted by molar-refractivity contribution is 5.90. The molecular weight excluding hydrogens is 240 g/mol. The van der Waals surface area contributed by atoms with Gasteiger partial charge in [0.05, 0.1) is 11.9 Å². The highest BCUT2D eigenvalue weighted by Gasteiger charge is 2.06. The number of unbranched alkanes of at least 4 members (excludes halogenated alkanes) is 1. The molecule has 0 bridgehead atoms. The highest BCUT2D eigenvalue weighted by atomic mass is 16.1. The Hall–Kier alpha value is -1.62. The van der Waals surface area contributed by atoms with Crippen LogP contribution in [0.5, 0.6) is 0 Å². The molecule has 0 spiro atoms. The largest absolute Gasteiger partial charge is 0.357 e. The summed E-state index contributed by atoms with van der Waals surface area (Å²) >= 11 is 0. The Balaban J connectivity index is 2.61. The first-order valence-corrected chi connectivity index (χ1v) is 6.92. The Bertz CT molecular complexity index is 378. The number of aromatic nitrogens is 1. The van der Waals surface area contributed by atoms with Crippen LogP contribution in [0.25, 0.3) is 0 Å². The molecule has 0 atom stereocenters. The second kappa shape index (κ2) is 8.48. The molecule has 1 aromatic rings. The number of amides is 1. The standard InChI is InChI=1S/C14H24N4O/c1-3-5-10-18(4-2)13-7-6-12(11-16-13)17-14(19)8-9-15/h6-7,11H,3-5,8-10,15H2,1-2H3,(H,17,19). The summed E-state index contributed by atoms with van der Waals surface area (Å²) in [7, 11) is 0. The van der Waals surface area contributed by atoms with Crippen LogP contribution >= 0.6 is 0 Å². The smallest absolute Gasteiger partial charge is 0.225 e. The molecule has 0 fully saturated rings. The predicted molar refractivity (Wildman–Crippen MR) is 79.3 cm³/mol. The summed E-state index contributed by atoms with van der Waals surface area (Å²) in [5.74, 6) is 0.878. The molecule has 0 saturated carbocycles. The zero-order chi connectivity index (χ0) is 14.1. The van der Waals surface area contributed by atoms with Gasteiger partial charge in [0.25, 0.3) is 0 Å². The van der Waals surface area contributed by atoms with E-state index in [1.54, 1.807) is 6.20 Å². The molecule has 1 rings (SSSR count). The van der Waals surface area contributed by atoms with Crippen molar-refractivity contribution in [3.63, 3.8) is 0 Å². The summed E-state index contributed by atoms with van der Waals surface area (Å²) in [6.45, 7) is 6.61. The fourth-order valence-corrected chi connectivity index (χ4v) is 1.79. The number of hydrogen-bond donors (Lipinski definition) is 2. The van der Waals surface area contributed by atoms with Gasteiger partial charge in [0.2, 0.25) is 5.91 Å². The van der Waals surface area contributed by atoms with Crippen molar-refractivity contribution >= 4 is 17.4 Å². The van der Waals surface area contributed by atoms with Crippen molar-refractivity contribution in [1.82, 2.24) is 4.98 Å². The normalized spacial score (nSPS) is 10.3. The van der Waals surface area contributed by atoms with Gasteiger partial charge in [-0.15, -0.1) is 0 Å². The van der Waals surface area contributed by atoms with E-state index in [1.165, 1.54) is 6.42 Å². The van der Waals surface area contributed by atoms with Crippen LogP contribution < -0.4 is 16.0 Å². The Labute approximate surface area is 115 Å². The Morgan fingerprint density at radius 2 is 2.21 bits per heavy atom. The van der Waals surface area contributed by atoms with Crippen LogP contribution in [-0.4, -0.2) is 30.5 Å². The van der Waals surface area contributed by atoms with Gasteiger partial charge >= 0.3 is 0 Å². The third-order valence-corrected chi connectivity index (χ3v) is 2.89. The van der Waals surface area contributed by atoms with Crippen molar-refractivity contribution in [3.8, 4) is 0 Å². The van der Waals surface area contributed by atoms with E-state index in [-0.39, 0.29) is 5.91 Å². The topological polar surface area (TPSA) is 71.2 Å². The SMILES string of the molecule is CCCCN(CC)c1ccc(NC(=O)CCN)cn1. The molecular formula is C14H24N4O. The van der Waals surface area contributed by atoms with Gasteiger partial charge < -0.3 is 16.0 Å². The summed E-state index contributed by atoms with van der Waals surface area (Å²) in [4.78, 5) is 18.0. The summed E-state index contributed by atoms with van der Waals surface area (Å²) in [5, 5.41) is 2.77. The molecule has 0 aromatic carbocycles. The molecule has 0 radical (unpaired) electrons. The van der Waals surface area contributed by atoms with Crippen LogP contribution in [0.1, 0.15) is 33.1 Å². The fraction of sp³-hybridized carbons (Fsp3) is 0.571. The third kappa shape index (κ3) is 5.26. The fourth-order valence-electron chi connectivity index (χ4n) is 1.79. The molecule has 1 amide bonds. The van der Waals surface area contributed by atoms with Gasteiger partial charge in [0.1, 0.15) is 5.82 Å². The first kappa shape index (κ1) is 15.4. The molecule has 0 aliphatic rings. The van der Waals surface area contributed by atoms with E-state index in [9.17, 15) is 4.79 Å². The van der Waals surface area contributed by atoms with Gasteiger partial charge in [0, 0.05) is 26.1 Å². The van der Waals surface area contributed by atoms with Crippen molar-refractivity contribution in [2.75, 3.05) is 29.9 Å². The van der Waals surface area contributed by atoms with Gasteiger partial charge in [-0.2, -0.15) is 0 Å². The molecule has 0 saturated heterocycles. The summed E-state index contributed by atoms with van der Waals surface area (Å²) in [6, 6.07) is 3.82. The number of nitrogens with zero attached hydrogens (tertiary/aromatic N) is 2. The first-order valence-electron chi connectivity index (χ1n) is 6.92. The molecule has 1 heterocycles.